The van der Waals surface area contributed by atoms with Crippen molar-refractivity contribution in [3.8, 4) is 11.1 Å². The minimum atomic E-state index is -3.83. The lowest BCUT2D eigenvalue weighted by molar-refractivity contribution is -0.605. The summed E-state index contributed by atoms with van der Waals surface area (Å²) < 4.78 is 29.5. The molecule has 0 spiro atoms. The fourth-order valence-corrected chi connectivity index (χ4v) is 7.32. The van der Waals surface area contributed by atoms with E-state index in [0.29, 0.717) is 15.3 Å². The lowest BCUT2D eigenvalue weighted by Gasteiger charge is -2.39. The fraction of sp³-hybridized carbons (Fsp3) is 0.217. The molecule has 1 amide bonds. The average Bonchev–Trinajstić information content (AvgIpc) is 3.32. The normalized spacial score (nSPS) is 16.9. The summed E-state index contributed by atoms with van der Waals surface area (Å²) in [6.45, 7) is -0.335. The third-order valence-electron chi connectivity index (χ3n) is 5.95. The van der Waals surface area contributed by atoms with Crippen LogP contribution < -0.4 is 4.73 Å². The SMILES string of the molecule is O=C(c1ncc(-c2cc[n+]([O-])cc2)cn1)N1CCN(S(=O)(=O)c2cc3ccc(Cl)cc3s2)CC1CO. The highest BCUT2D eigenvalue weighted by molar-refractivity contribution is 7.91. The Labute approximate surface area is 215 Å². The van der Waals surface area contributed by atoms with Crippen molar-refractivity contribution in [3.63, 3.8) is 0 Å². The van der Waals surface area contributed by atoms with Gasteiger partial charge in [0.25, 0.3) is 15.9 Å². The number of piperazine rings is 1. The van der Waals surface area contributed by atoms with Crippen LogP contribution >= 0.6 is 22.9 Å². The Hall–Kier alpha value is -3.16. The number of aliphatic hydroxyl groups is 1. The molecule has 4 aromatic rings. The molecular weight excluding hydrogens is 526 g/mol. The lowest BCUT2D eigenvalue weighted by Crippen LogP contribution is -2.57. The second kappa shape index (κ2) is 9.71. The van der Waals surface area contributed by atoms with Crippen molar-refractivity contribution in [2.24, 2.45) is 0 Å². The molecule has 10 nitrogen and oxygen atoms in total. The van der Waals surface area contributed by atoms with Crippen LogP contribution in [0.25, 0.3) is 21.2 Å². The number of carbonyl (C=O) groups is 1. The van der Waals surface area contributed by atoms with Gasteiger partial charge in [-0.2, -0.15) is 9.04 Å². The molecule has 1 saturated heterocycles. The van der Waals surface area contributed by atoms with Crippen LogP contribution in [0.3, 0.4) is 0 Å². The first-order valence-electron chi connectivity index (χ1n) is 10.9. The molecule has 186 valence electrons. The van der Waals surface area contributed by atoms with Crippen LogP contribution in [0.4, 0.5) is 0 Å². The number of sulfonamides is 1. The van der Waals surface area contributed by atoms with Crippen LogP contribution in [0.1, 0.15) is 10.6 Å². The van der Waals surface area contributed by atoms with E-state index in [0.717, 1.165) is 27.0 Å². The van der Waals surface area contributed by atoms with Crippen LogP contribution in [0.2, 0.25) is 5.02 Å². The Bertz CT molecular complexity index is 1530. The van der Waals surface area contributed by atoms with Crippen molar-refractivity contribution in [3.05, 3.63) is 77.2 Å². The standard InChI is InChI=1S/C23H20ClN5O5S2/c24-18-2-1-16-9-21(35-20(16)10-18)36(33,34)28-7-8-29(19(13-28)14-30)23(31)22-25-11-17(12-26-22)15-3-5-27(32)6-4-15/h1-6,9-12,19,30H,7-8,13-14H2. The highest BCUT2D eigenvalue weighted by atomic mass is 35.5. The number of fused-ring (bicyclic) bond motifs is 1. The number of halogens is 1. The van der Waals surface area contributed by atoms with E-state index in [1.54, 1.807) is 36.4 Å². The van der Waals surface area contributed by atoms with E-state index in [1.165, 1.54) is 34.0 Å². The van der Waals surface area contributed by atoms with E-state index in [2.05, 4.69) is 9.97 Å². The molecule has 0 bridgehead atoms. The molecular formula is C23H20ClN5O5S2. The van der Waals surface area contributed by atoms with Gasteiger partial charge in [-0.15, -0.1) is 11.3 Å². The summed E-state index contributed by atoms with van der Waals surface area (Å²) in [6, 6.07) is 9.26. The van der Waals surface area contributed by atoms with Gasteiger partial charge in [0.05, 0.1) is 12.6 Å². The van der Waals surface area contributed by atoms with E-state index in [-0.39, 0.29) is 29.7 Å². The second-order valence-corrected chi connectivity index (χ2v) is 11.9. The summed E-state index contributed by atoms with van der Waals surface area (Å²) in [5.74, 6) is -0.565. The summed E-state index contributed by atoms with van der Waals surface area (Å²) >= 11 is 7.16. The lowest BCUT2D eigenvalue weighted by atomic mass is 10.1. The van der Waals surface area contributed by atoms with Crippen LogP contribution in [-0.2, 0) is 10.0 Å². The zero-order valence-corrected chi connectivity index (χ0v) is 21.1. The quantitative estimate of drug-likeness (QED) is 0.300. The van der Waals surface area contributed by atoms with Gasteiger partial charge in [0, 0.05) is 59.4 Å². The van der Waals surface area contributed by atoms with Gasteiger partial charge in [-0.25, -0.2) is 18.4 Å². The molecule has 1 N–H and O–H groups in total. The molecule has 36 heavy (non-hydrogen) atoms. The van der Waals surface area contributed by atoms with Gasteiger partial charge in [0.2, 0.25) is 5.82 Å². The molecule has 1 aliphatic rings. The largest absolute Gasteiger partial charge is 0.619 e. The molecule has 1 fully saturated rings. The van der Waals surface area contributed by atoms with Crippen molar-refractivity contribution in [1.29, 1.82) is 0 Å². The summed E-state index contributed by atoms with van der Waals surface area (Å²) in [4.78, 5) is 22.8. The van der Waals surface area contributed by atoms with Crippen molar-refractivity contribution in [1.82, 2.24) is 19.2 Å². The van der Waals surface area contributed by atoms with Crippen molar-refractivity contribution < 1.29 is 23.0 Å². The molecule has 0 saturated carbocycles. The molecule has 1 atom stereocenters. The predicted octanol–water partition coefficient (Wildman–Crippen LogP) is 2.15. The Balaban J connectivity index is 1.32. The minimum Gasteiger partial charge on any atom is -0.619 e. The molecule has 4 heterocycles. The summed E-state index contributed by atoms with van der Waals surface area (Å²) in [7, 11) is -3.83. The maximum Gasteiger partial charge on any atom is 0.292 e. The number of nitrogens with zero attached hydrogens (tertiary/aromatic N) is 5. The maximum atomic E-state index is 13.3. The first-order chi connectivity index (χ1) is 17.3. The van der Waals surface area contributed by atoms with Crippen LogP contribution in [0, 0.1) is 5.21 Å². The Morgan fingerprint density at radius 3 is 2.56 bits per heavy atom. The Kier molecular flexibility index (Phi) is 6.62. The maximum absolute atomic E-state index is 13.3. The van der Waals surface area contributed by atoms with Crippen molar-refractivity contribution in [2.75, 3.05) is 26.2 Å². The monoisotopic (exact) mass is 545 g/mol. The topological polar surface area (TPSA) is 131 Å². The van der Waals surface area contributed by atoms with E-state index in [9.17, 15) is 23.5 Å². The predicted molar refractivity (Wildman–Crippen MR) is 134 cm³/mol. The molecule has 1 aromatic carbocycles. The zero-order valence-electron chi connectivity index (χ0n) is 18.7. The van der Waals surface area contributed by atoms with Crippen molar-refractivity contribution in [2.45, 2.75) is 10.3 Å². The third-order valence-corrected chi connectivity index (χ3v) is 9.60. The molecule has 0 radical (unpaired) electrons. The van der Waals surface area contributed by atoms with Crippen LogP contribution in [-0.4, -0.2) is 70.9 Å². The van der Waals surface area contributed by atoms with E-state index >= 15 is 0 Å². The number of aliphatic hydroxyl groups excluding tert-OH is 1. The first kappa shape index (κ1) is 24.5. The molecule has 1 aliphatic heterocycles. The number of benzene rings is 1. The number of rotatable bonds is 5. The van der Waals surface area contributed by atoms with Gasteiger partial charge in [0.1, 0.15) is 4.21 Å². The zero-order chi connectivity index (χ0) is 25.4. The van der Waals surface area contributed by atoms with Gasteiger partial charge in [-0.1, -0.05) is 17.7 Å². The van der Waals surface area contributed by atoms with Gasteiger partial charge in [-0.3, -0.25) is 4.79 Å². The number of thiophene rings is 1. The summed E-state index contributed by atoms with van der Waals surface area (Å²) in [5, 5.41) is 22.5. The highest BCUT2D eigenvalue weighted by Gasteiger charge is 2.37. The molecule has 3 aromatic heterocycles. The van der Waals surface area contributed by atoms with Crippen LogP contribution in [0.15, 0.2) is 65.4 Å². The molecule has 5 rings (SSSR count). The number of amides is 1. The third kappa shape index (κ3) is 4.65. The minimum absolute atomic E-state index is 0.0587. The first-order valence-corrected chi connectivity index (χ1v) is 13.5. The molecule has 0 aliphatic carbocycles. The molecule has 13 heteroatoms. The van der Waals surface area contributed by atoms with Crippen molar-refractivity contribution >= 4 is 49.0 Å². The Morgan fingerprint density at radius 1 is 1.14 bits per heavy atom. The average molecular weight is 546 g/mol. The fourth-order valence-electron chi connectivity index (χ4n) is 4.02. The number of hydrogen-bond acceptors (Lipinski definition) is 8. The second-order valence-electron chi connectivity index (χ2n) is 8.19. The highest BCUT2D eigenvalue weighted by Crippen LogP contribution is 2.33. The molecule has 1 unspecified atom stereocenters. The Morgan fingerprint density at radius 2 is 1.86 bits per heavy atom. The summed E-state index contributed by atoms with van der Waals surface area (Å²) in [5.41, 5.74) is 1.35. The van der Waals surface area contributed by atoms with E-state index in [4.69, 9.17) is 11.6 Å². The van der Waals surface area contributed by atoms with Gasteiger partial charge < -0.3 is 15.2 Å². The number of aromatic nitrogens is 3. The summed E-state index contributed by atoms with van der Waals surface area (Å²) in [6.07, 6.45) is 5.66. The van der Waals surface area contributed by atoms with Gasteiger partial charge >= 0.3 is 0 Å². The van der Waals surface area contributed by atoms with E-state index in [1.807, 2.05) is 0 Å². The number of hydrogen-bond donors (Lipinski definition) is 1. The number of pyridine rings is 1. The van der Waals surface area contributed by atoms with E-state index < -0.39 is 28.6 Å². The van der Waals surface area contributed by atoms with Crippen LogP contribution in [0.5, 0.6) is 0 Å². The van der Waals surface area contributed by atoms with Gasteiger partial charge in [-0.05, 0) is 29.1 Å². The smallest absolute Gasteiger partial charge is 0.292 e. The number of carbonyl (C=O) groups excluding carboxylic acids is 1. The van der Waals surface area contributed by atoms with Gasteiger partial charge in [0.15, 0.2) is 12.4 Å².